The molecule has 23 heavy (non-hydrogen) atoms. The summed E-state index contributed by atoms with van der Waals surface area (Å²) in [5.41, 5.74) is 3.15. The van der Waals surface area contributed by atoms with Gasteiger partial charge in [0.2, 0.25) is 0 Å². The Balaban J connectivity index is 1.95. The van der Waals surface area contributed by atoms with E-state index in [1.165, 1.54) is 18.2 Å². The number of rotatable bonds is 2. The van der Waals surface area contributed by atoms with Gasteiger partial charge in [0.15, 0.2) is 0 Å². The summed E-state index contributed by atoms with van der Waals surface area (Å²) in [5.74, 6) is -1.42. The van der Waals surface area contributed by atoms with Gasteiger partial charge in [-0.05, 0) is 42.5 Å². The SMILES string of the molecule is O=C1NN(c2ccc(Br)cc2)C(=O)/C1=C/c1ccc(O)cc1O. The van der Waals surface area contributed by atoms with Crippen LogP contribution in [-0.4, -0.2) is 22.0 Å². The summed E-state index contributed by atoms with van der Waals surface area (Å²) in [6.07, 6.45) is 1.28. The number of phenolic OH excluding ortho intramolecular Hbond substituents is 2. The van der Waals surface area contributed by atoms with Gasteiger partial charge in [-0.2, -0.15) is 0 Å². The lowest BCUT2D eigenvalue weighted by Crippen LogP contribution is -2.35. The van der Waals surface area contributed by atoms with E-state index in [2.05, 4.69) is 21.4 Å². The molecule has 2 aromatic rings. The number of phenols is 2. The Bertz CT molecular complexity index is 830. The van der Waals surface area contributed by atoms with Gasteiger partial charge in [0.05, 0.1) is 5.69 Å². The van der Waals surface area contributed by atoms with Crippen LogP contribution in [0.3, 0.4) is 0 Å². The summed E-state index contributed by atoms with van der Waals surface area (Å²) >= 11 is 3.30. The molecule has 1 saturated heterocycles. The van der Waals surface area contributed by atoms with Crippen molar-refractivity contribution in [3.63, 3.8) is 0 Å². The maximum atomic E-state index is 12.4. The highest BCUT2D eigenvalue weighted by Gasteiger charge is 2.34. The highest BCUT2D eigenvalue weighted by molar-refractivity contribution is 9.10. The summed E-state index contributed by atoms with van der Waals surface area (Å²) < 4.78 is 0.851. The normalized spacial score (nSPS) is 16.0. The first kappa shape index (κ1) is 15.1. The van der Waals surface area contributed by atoms with Crippen molar-refractivity contribution in [1.29, 1.82) is 0 Å². The molecule has 0 saturated carbocycles. The highest BCUT2D eigenvalue weighted by atomic mass is 79.9. The van der Waals surface area contributed by atoms with Crippen LogP contribution in [0.2, 0.25) is 0 Å². The average molecular weight is 375 g/mol. The summed E-state index contributed by atoms with van der Waals surface area (Å²) in [6, 6.07) is 10.8. The van der Waals surface area contributed by atoms with E-state index in [9.17, 15) is 19.8 Å². The van der Waals surface area contributed by atoms with Crippen molar-refractivity contribution in [1.82, 2.24) is 5.43 Å². The fourth-order valence-corrected chi connectivity index (χ4v) is 2.40. The third-order valence-electron chi connectivity index (χ3n) is 3.29. The van der Waals surface area contributed by atoms with E-state index < -0.39 is 11.8 Å². The Morgan fingerprint density at radius 2 is 1.74 bits per heavy atom. The van der Waals surface area contributed by atoms with E-state index in [4.69, 9.17) is 0 Å². The topological polar surface area (TPSA) is 89.9 Å². The third-order valence-corrected chi connectivity index (χ3v) is 3.82. The Hall–Kier alpha value is -2.80. The molecule has 0 radical (unpaired) electrons. The summed E-state index contributed by atoms with van der Waals surface area (Å²) in [6.45, 7) is 0. The minimum Gasteiger partial charge on any atom is -0.508 e. The fraction of sp³-hybridized carbons (Fsp3) is 0. The van der Waals surface area contributed by atoms with Crippen LogP contribution in [0.15, 0.2) is 52.5 Å². The van der Waals surface area contributed by atoms with Crippen molar-refractivity contribution in [2.45, 2.75) is 0 Å². The molecule has 7 heteroatoms. The molecular formula is C16H11BrN2O4. The molecule has 3 rings (SSSR count). The Morgan fingerprint density at radius 1 is 1.04 bits per heavy atom. The Labute approximate surface area is 139 Å². The second kappa shape index (κ2) is 5.77. The molecule has 0 spiro atoms. The van der Waals surface area contributed by atoms with E-state index in [0.29, 0.717) is 5.69 Å². The van der Waals surface area contributed by atoms with Gasteiger partial charge in [-0.1, -0.05) is 15.9 Å². The Kier molecular flexibility index (Phi) is 3.79. The van der Waals surface area contributed by atoms with Crippen LogP contribution in [0, 0.1) is 0 Å². The van der Waals surface area contributed by atoms with Crippen molar-refractivity contribution in [2.75, 3.05) is 5.01 Å². The molecular weight excluding hydrogens is 364 g/mol. The van der Waals surface area contributed by atoms with Crippen molar-refractivity contribution < 1.29 is 19.8 Å². The van der Waals surface area contributed by atoms with Gasteiger partial charge >= 0.3 is 0 Å². The lowest BCUT2D eigenvalue weighted by molar-refractivity contribution is -0.117. The van der Waals surface area contributed by atoms with E-state index >= 15 is 0 Å². The number of carbonyl (C=O) groups excluding carboxylic acids is 2. The molecule has 3 N–H and O–H groups in total. The molecule has 1 aliphatic rings. The first-order valence-electron chi connectivity index (χ1n) is 6.60. The number of hydrogen-bond donors (Lipinski definition) is 3. The molecule has 0 unspecified atom stereocenters. The first-order valence-corrected chi connectivity index (χ1v) is 7.40. The number of carbonyl (C=O) groups is 2. The van der Waals surface area contributed by atoms with Crippen LogP contribution in [0.25, 0.3) is 6.08 Å². The van der Waals surface area contributed by atoms with Crippen LogP contribution < -0.4 is 10.4 Å². The van der Waals surface area contributed by atoms with Crippen molar-refractivity contribution in [2.24, 2.45) is 0 Å². The van der Waals surface area contributed by atoms with Crippen LogP contribution in [0.4, 0.5) is 5.69 Å². The quantitative estimate of drug-likeness (QED) is 0.555. The van der Waals surface area contributed by atoms with Crippen molar-refractivity contribution in [3.05, 3.63) is 58.1 Å². The van der Waals surface area contributed by atoms with Gasteiger partial charge in [-0.15, -0.1) is 0 Å². The number of hydrazine groups is 1. The van der Waals surface area contributed by atoms with Crippen molar-refractivity contribution >= 4 is 39.5 Å². The molecule has 0 atom stereocenters. The number of amides is 2. The lowest BCUT2D eigenvalue weighted by atomic mass is 10.1. The number of nitrogens with one attached hydrogen (secondary N) is 1. The van der Waals surface area contributed by atoms with Crippen LogP contribution in [0.1, 0.15) is 5.56 Å². The fourth-order valence-electron chi connectivity index (χ4n) is 2.14. The molecule has 1 heterocycles. The van der Waals surface area contributed by atoms with Crippen molar-refractivity contribution in [3.8, 4) is 11.5 Å². The average Bonchev–Trinajstić information content (AvgIpc) is 2.78. The number of nitrogens with zero attached hydrogens (tertiary/aromatic N) is 1. The van der Waals surface area contributed by atoms with E-state index in [0.717, 1.165) is 15.5 Å². The zero-order valence-electron chi connectivity index (χ0n) is 11.7. The van der Waals surface area contributed by atoms with Gasteiger partial charge < -0.3 is 10.2 Å². The maximum absolute atomic E-state index is 12.4. The lowest BCUT2D eigenvalue weighted by Gasteiger charge is -2.14. The molecule has 0 bridgehead atoms. The van der Waals surface area contributed by atoms with Gasteiger partial charge in [-0.25, -0.2) is 5.01 Å². The number of aromatic hydroxyl groups is 2. The summed E-state index contributed by atoms with van der Waals surface area (Å²) in [7, 11) is 0. The van der Waals surface area contributed by atoms with Gasteiger partial charge in [0, 0.05) is 16.1 Å². The predicted molar refractivity (Wildman–Crippen MR) is 87.5 cm³/mol. The summed E-state index contributed by atoms with van der Waals surface area (Å²) in [4.78, 5) is 24.5. The molecule has 2 amide bonds. The van der Waals surface area contributed by atoms with Crippen LogP contribution in [-0.2, 0) is 9.59 Å². The smallest absolute Gasteiger partial charge is 0.282 e. The largest absolute Gasteiger partial charge is 0.508 e. The number of hydrogen-bond acceptors (Lipinski definition) is 4. The Morgan fingerprint density at radius 3 is 2.39 bits per heavy atom. The molecule has 6 nitrogen and oxygen atoms in total. The number of halogens is 1. The third kappa shape index (κ3) is 2.91. The highest BCUT2D eigenvalue weighted by Crippen LogP contribution is 2.27. The monoisotopic (exact) mass is 374 g/mol. The van der Waals surface area contributed by atoms with Gasteiger partial charge in [0.1, 0.15) is 17.1 Å². The molecule has 0 aromatic heterocycles. The zero-order chi connectivity index (χ0) is 16.6. The molecule has 116 valence electrons. The molecule has 0 aliphatic carbocycles. The van der Waals surface area contributed by atoms with E-state index in [1.807, 2.05) is 0 Å². The second-order valence-electron chi connectivity index (χ2n) is 4.86. The van der Waals surface area contributed by atoms with Crippen LogP contribution >= 0.6 is 15.9 Å². The van der Waals surface area contributed by atoms with Gasteiger partial charge in [-0.3, -0.25) is 15.0 Å². The predicted octanol–water partition coefficient (Wildman–Crippen LogP) is 2.32. The second-order valence-corrected chi connectivity index (χ2v) is 5.77. The molecule has 2 aromatic carbocycles. The van der Waals surface area contributed by atoms with Gasteiger partial charge in [0.25, 0.3) is 11.8 Å². The van der Waals surface area contributed by atoms with E-state index in [1.54, 1.807) is 24.3 Å². The maximum Gasteiger partial charge on any atom is 0.282 e. The molecule has 1 fully saturated rings. The minimum atomic E-state index is -0.564. The van der Waals surface area contributed by atoms with Crippen LogP contribution in [0.5, 0.6) is 11.5 Å². The first-order chi connectivity index (χ1) is 11.0. The number of anilines is 1. The molecule has 1 aliphatic heterocycles. The zero-order valence-corrected chi connectivity index (χ0v) is 13.2. The van der Waals surface area contributed by atoms with E-state index in [-0.39, 0.29) is 22.6 Å². The minimum absolute atomic E-state index is 0.103. The number of benzene rings is 2. The standard InChI is InChI=1S/C16H11BrN2O4/c17-10-2-4-11(5-3-10)19-16(23)13(15(22)18-19)7-9-1-6-12(20)8-14(9)21/h1-8,20-21H,(H,18,22)/b13-7+. The summed E-state index contributed by atoms with van der Waals surface area (Å²) in [5, 5.41) is 20.2.